The highest BCUT2D eigenvalue weighted by atomic mass is 35.5. The lowest BCUT2D eigenvalue weighted by atomic mass is 10.5. The number of rotatable bonds is 6. The number of hydrogen-bond donors (Lipinski definition) is 0. The third kappa shape index (κ3) is 7.62. The Balaban J connectivity index is 0. The summed E-state index contributed by atoms with van der Waals surface area (Å²) in [5.74, 6) is 0. The number of ether oxygens (including phenoxy) is 1. The summed E-state index contributed by atoms with van der Waals surface area (Å²) in [6, 6.07) is 0. The van der Waals surface area contributed by atoms with Gasteiger partial charge in [0.05, 0.1) is 0 Å². The molecule has 4 heteroatoms. The number of carbonyl (C=O) groups excluding carboxylic acids is 1. The van der Waals surface area contributed by atoms with Crippen molar-refractivity contribution < 1.29 is 9.53 Å². The van der Waals surface area contributed by atoms with Crippen molar-refractivity contribution in [3.63, 3.8) is 0 Å². The Morgan fingerprint density at radius 1 is 1.36 bits per heavy atom. The number of halogens is 1. The quantitative estimate of drug-likeness (QED) is 0.451. The van der Waals surface area contributed by atoms with E-state index < -0.39 is 0 Å². The lowest BCUT2D eigenvalue weighted by Gasteiger charge is -2.16. The van der Waals surface area contributed by atoms with Crippen LogP contribution in [0.3, 0.4) is 0 Å². The van der Waals surface area contributed by atoms with Crippen LogP contribution in [-0.2, 0) is 9.53 Å². The first-order valence-corrected chi connectivity index (χ1v) is 3.62. The van der Waals surface area contributed by atoms with Gasteiger partial charge in [0.2, 0.25) is 0 Å². The molecule has 0 spiro atoms. The summed E-state index contributed by atoms with van der Waals surface area (Å²) in [4.78, 5) is 11.9. The molecule has 0 heterocycles. The van der Waals surface area contributed by atoms with Gasteiger partial charge >= 0.3 is 0 Å². The van der Waals surface area contributed by atoms with Gasteiger partial charge in [-0.2, -0.15) is 0 Å². The van der Waals surface area contributed by atoms with Crippen molar-refractivity contribution in [1.29, 1.82) is 0 Å². The molecule has 0 aromatic rings. The molecule has 0 aromatic heterocycles. The standard InChI is InChI=1S/C7H15NO2.ClH/c1-3-8(4-2)5-6-10-7-9;/h7H,3-6H2,1-2H3;1H. The number of nitrogens with zero attached hydrogens (tertiary/aromatic N) is 1. The normalized spacial score (nSPS) is 9.00. The average molecular weight is 182 g/mol. The zero-order valence-corrected chi connectivity index (χ0v) is 7.89. The van der Waals surface area contributed by atoms with Gasteiger partial charge in [-0.1, -0.05) is 13.8 Å². The zero-order chi connectivity index (χ0) is 7.82. The molecule has 0 aromatic carbocycles. The van der Waals surface area contributed by atoms with E-state index in [1.165, 1.54) is 0 Å². The number of likely N-dealkylation sites (N-methyl/N-ethyl adjacent to an activating group) is 1. The van der Waals surface area contributed by atoms with Gasteiger partial charge in [0.25, 0.3) is 6.47 Å². The van der Waals surface area contributed by atoms with Gasteiger partial charge in [-0.25, -0.2) is 0 Å². The van der Waals surface area contributed by atoms with Crippen LogP contribution in [0, 0.1) is 0 Å². The monoisotopic (exact) mass is 181 g/mol. The molecular formula is C7H16ClNO2. The summed E-state index contributed by atoms with van der Waals surface area (Å²) in [6.45, 7) is 8.03. The zero-order valence-electron chi connectivity index (χ0n) is 7.08. The SMILES string of the molecule is CCN(CC)CCOC=O.Cl. The van der Waals surface area contributed by atoms with Crippen molar-refractivity contribution in [2.24, 2.45) is 0 Å². The minimum absolute atomic E-state index is 0. The molecule has 0 bridgehead atoms. The number of hydrogen-bond acceptors (Lipinski definition) is 3. The van der Waals surface area contributed by atoms with Crippen LogP contribution in [0.5, 0.6) is 0 Å². The fourth-order valence-corrected chi connectivity index (χ4v) is 0.770. The molecule has 0 aliphatic heterocycles. The average Bonchev–Trinajstić information content (AvgIpc) is 1.99. The lowest BCUT2D eigenvalue weighted by molar-refractivity contribution is -0.129. The van der Waals surface area contributed by atoms with E-state index in [1.54, 1.807) is 0 Å². The molecule has 0 saturated carbocycles. The first kappa shape index (κ1) is 13.3. The van der Waals surface area contributed by atoms with Crippen molar-refractivity contribution in [2.45, 2.75) is 13.8 Å². The van der Waals surface area contributed by atoms with Gasteiger partial charge < -0.3 is 9.64 Å². The molecule has 0 unspecified atom stereocenters. The van der Waals surface area contributed by atoms with Crippen LogP contribution in [0.4, 0.5) is 0 Å². The molecule has 11 heavy (non-hydrogen) atoms. The van der Waals surface area contributed by atoms with Gasteiger partial charge in [0.1, 0.15) is 6.61 Å². The van der Waals surface area contributed by atoms with Crippen molar-refractivity contribution in [3.05, 3.63) is 0 Å². The fourth-order valence-electron chi connectivity index (χ4n) is 0.770. The maximum Gasteiger partial charge on any atom is 0.293 e. The van der Waals surface area contributed by atoms with Crippen molar-refractivity contribution in [1.82, 2.24) is 4.90 Å². The second kappa shape index (κ2) is 9.72. The third-order valence-corrected chi connectivity index (χ3v) is 1.49. The van der Waals surface area contributed by atoms with Crippen LogP contribution in [0.25, 0.3) is 0 Å². The maximum atomic E-state index is 9.72. The van der Waals surface area contributed by atoms with Crippen LogP contribution >= 0.6 is 12.4 Å². The van der Waals surface area contributed by atoms with Crippen LogP contribution in [0.1, 0.15) is 13.8 Å². The smallest absolute Gasteiger partial charge is 0.293 e. The minimum Gasteiger partial charge on any atom is -0.467 e. The van der Waals surface area contributed by atoms with Crippen LogP contribution in [0.2, 0.25) is 0 Å². The van der Waals surface area contributed by atoms with Crippen molar-refractivity contribution >= 4 is 18.9 Å². The van der Waals surface area contributed by atoms with E-state index in [1.807, 2.05) is 0 Å². The van der Waals surface area contributed by atoms with Crippen LogP contribution in [-0.4, -0.2) is 37.6 Å². The summed E-state index contributed by atoms with van der Waals surface area (Å²) in [5.41, 5.74) is 0. The molecule has 0 saturated heterocycles. The molecule has 0 fully saturated rings. The third-order valence-electron chi connectivity index (χ3n) is 1.49. The van der Waals surface area contributed by atoms with E-state index in [0.717, 1.165) is 19.6 Å². The molecule has 0 rings (SSSR count). The molecule has 0 atom stereocenters. The first-order valence-electron chi connectivity index (χ1n) is 3.62. The second-order valence-corrected chi connectivity index (χ2v) is 1.99. The van der Waals surface area contributed by atoms with E-state index in [2.05, 4.69) is 23.5 Å². The van der Waals surface area contributed by atoms with Crippen LogP contribution in [0.15, 0.2) is 0 Å². The fraction of sp³-hybridized carbons (Fsp3) is 0.857. The van der Waals surface area contributed by atoms with E-state index in [9.17, 15) is 4.79 Å². The summed E-state index contributed by atoms with van der Waals surface area (Å²) in [5, 5.41) is 0. The van der Waals surface area contributed by atoms with E-state index in [4.69, 9.17) is 0 Å². The molecule has 68 valence electrons. The summed E-state index contributed by atoms with van der Waals surface area (Å²) < 4.78 is 4.55. The summed E-state index contributed by atoms with van der Waals surface area (Å²) >= 11 is 0. The Morgan fingerprint density at radius 3 is 2.27 bits per heavy atom. The summed E-state index contributed by atoms with van der Waals surface area (Å²) in [6.07, 6.45) is 0. The number of carbonyl (C=O) groups is 1. The maximum absolute atomic E-state index is 9.72. The minimum atomic E-state index is 0. The molecule has 0 radical (unpaired) electrons. The Kier molecular flexibility index (Phi) is 11.8. The highest BCUT2D eigenvalue weighted by molar-refractivity contribution is 5.85. The highest BCUT2D eigenvalue weighted by Gasteiger charge is 1.96. The first-order chi connectivity index (χ1) is 4.85. The summed E-state index contributed by atoms with van der Waals surface area (Å²) in [7, 11) is 0. The van der Waals surface area contributed by atoms with Crippen LogP contribution < -0.4 is 0 Å². The molecule has 0 aliphatic carbocycles. The lowest BCUT2D eigenvalue weighted by Crippen LogP contribution is -2.26. The van der Waals surface area contributed by atoms with E-state index >= 15 is 0 Å². The highest BCUT2D eigenvalue weighted by Crippen LogP contribution is 1.84. The van der Waals surface area contributed by atoms with Crippen molar-refractivity contribution in [3.8, 4) is 0 Å². The Morgan fingerprint density at radius 2 is 1.91 bits per heavy atom. The Hall–Kier alpha value is -0.280. The molecule has 3 nitrogen and oxygen atoms in total. The second-order valence-electron chi connectivity index (χ2n) is 1.99. The van der Waals surface area contributed by atoms with E-state index in [-0.39, 0.29) is 12.4 Å². The predicted octanol–water partition coefficient (Wildman–Crippen LogP) is 0.923. The molecule has 0 aliphatic rings. The van der Waals surface area contributed by atoms with Gasteiger partial charge in [-0.15, -0.1) is 12.4 Å². The Labute approximate surface area is 74.1 Å². The topological polar surface area (TPSA) is 29.5 Å². The molecule has 0 amide bonds. The molecular weight excluding hydrogens is 166 g/mol. The predicted molar refractivity (Wildman–Crippen MR) is 47.1 cm³/mol. The van der Waals surface area contributed by atoms with Gasteiger partial charge in [-0.3, -0.25) is 4.79 Å². The van der Waals surface area contributed by atoms with Gasteiger partial charge in [0, 0.05) is 6.54 Å². The van der Waals surface area contributed by atoms with Gasteiger partial charge in [0.15, 0.2) is 0 Å². The molecule has 0 N–H and O–H groups in total. The largest absolute Gasteiger partial charge is 0.467 e. The Bertz CT molecular complexity index is 86.5. The van der Waals surface area contributed by atoms with E-state index in [0.29, 0.717) is 13.1 Å². The van der Waals surface area contributed by atoms with Crippen molar-refractivity contribution in [2.75, 3.05) is 26.2 Å². The van der Waals surface area contributed by atoms with Gasteiger partial charge in [-0.05, 0) is 13.1 Å².